The number of thioether (sulfide) groups is 1. The number of anilines is 1. The fourth-order valence-electron chi connectivity index (χ4n) is 3.35. The number of amides is 2. The lowest BCUT2D eigenvalue weighted by atomic mass is 10.0. The molecular formula is C24H28ClN5O2S. The Hall–Kier alpha value is -2.84. The van der Waals surface area contributed by atoms with Gasteiger partial charge in [-0.15, -0.1) is 10.2 Å². The van der Waals surface area contributed by atoms with Crippen molar-refractivity contribution in [2.45, 2.75) is 45.4 Å². The maximum atomic E-state index is 12.9. The molecule has 2 N–H and O–H groups in total. The summed E-state index contributed by atoms with van der Waals surface area (Å²) in [5.41, 5.74) is 2.20. The van der Waals surface area contributed by atoms with Crippen molar-refractivity contribution in [3.63, 3.8) is 0 Å². The van der Waals surface area contributed by atoms with Crippen LogP contribution in [0.3, 0.4) is 0 Å². The van der Waals surface area contributed by atoms with Crippen LogP contribution in [0.1, 0.15) is 48.6 Å². The average Bonchev–Trinajstić information content (AvgIpc) is 3.19. The van der Waals surface area contributed by atoms with Gasteiger partial charge in [0.25, 0.3) is 5.91 Å². The molecule has 3 aromatic rings. The first-order chi connectivity index (χ1) is 15.8. The normalized spacial score (nSPS) is 11.9. The lowest BCUT2D eigenvalue weighted by Gasteiger charge is -2.22. The summed E-state index contributed by atoms with van der Waals surface area (Å²) in [5, 5.41) is 15.7. The molecule has 0 saturated carbocycles. The van der Waals surface area contributed by atoms with E-state index in [1.54, 1.807) is 24.3 Å². The first kappa shape index (κ1) is 24.8. The van der Waals surface area contributed by atoms with Gasteiger partial charge < -0.3 is 15.2 Å². The average molecular weight is 486 g/mol. The Balaban J connectivity index is 1.72. The molecule has 33 heavy (non-hydrogen) atoms. The van der Waals surface area contributed by atoms with Gasteiger partial charge in [0.05, 0.1) is 22.5 Å². The largest absolute Gasteiger partial charge is 0.342 e. The van der Waals surface area contributed by atoms with Gasteiger partial charge >= 0.3 is 0 Å². The number of aromatic nitrogens is 3. The smallest absolute Gasteiger partial charge is 0.251 e. The van der Waals surface area contributed by atoms with E-state index in [1.807, 2.05) is 56.5 Å². The number of nitrogens with zero attached hydrogens (tertiary/aromatic N) is 3. The number of para-hydroxylation sites is 1. The van der Waals surface area contributed by atoms with Crippen molar-refractivity contribution in [1.82, 2.24) is 20.1 Å². The predicted molar refractivity (Wildman–Crippen MR) is 133 cm³/mol. The predicted octanol–water partition coefficient (Wildman–Crippen LogP) is 5.12. The second-order valence-electron chi connectivity index (χ2n) is 7.97. The standard InChI is InChI=1S/C24H28ClN5O2S/c1-5-30-22(21(15(2)3)27-23(32)17-10-8-9-16(4)13-17)28-29-24(30)33-14-20(31)26-19-12-7-6-11-18(19)25/h6-13,15,21H,5,14H2,1-4H3,(H,26,31)(H,27,32)/t21-/m0/s1. The molecule has 2 amide bonds. The number of hydrogen-bond acceptors (Lipinski definition) is 5. The van der Waals surface area contributed by atoms with Gasteiger partial charge in [0, 0.05) is 12.1 Å². The SMILES string of the molecule is CCn1c(SCC(=O)Nc2ccccc2Cl)nnc1[C@@H](NC(=O)c1cccc(C)c1)C(C)C. The van der Waals surface area contributed by atoms with Crippen molar-refractivity contribution in [1.29, 1.82) is 0 Å². The molecule has 0 bridgehead atoms. The van der Waals surface area contributed by atoms with E-state index in [2.05, 4.69) is 20.8 Å². The van der Waals surface area contributed by atoms with Crippen LogP contribution < -0.4 is 10.6 Å². The molecule has 0 unspecified atom stereocenters. The number of carbonyl (C=O) groups excluding carboxylic acids is 2. The molecule has 3 rings (SSSR count). The minimum atomic E-state index is -0.322. The van der Waals surface area contributed by atoms with Crippen LogP contribution in [0.4, 0.5) is 5.69 Å². The van der Waals surface area contributed by atoms with E-state index in [9.17, 15) is 9.59 Å². The van der Waals surface area contributed by atoms with Crippen molar-refractivity contribution in [2.75, 3.05) is 11.1 Å². The van der Waals surface area contributed by atoms with Crippen LogP contribution in [0.25, 0.3) is 0 Å². The molecule has 7 nitrogen and oxygen atoms in total. The molecule has 0 aliphatic rings. The molecule has 0 saturated heterocycles. The molecule has 1 aromatic heterocycles. The highest BCUT2D eigenvalue weighted by Gasteiger charge is 2.26. The van der Waals surface area contributed by atoms with E-state index in [0.717, 1.165) is 5.56 Å². The fourth-order valence-corrected chi connectivity index (χ4v) is 4.35. The highest BCUT2D eigenvalue weighted by atomic mass is 35.5. The van der Waals surface area contributed by atoms with Gasteiger partial charge in [-0.1, -0.05) is 67.0 Å². The number of nitrogens with one attached hydrogen (secondary N) is 2. The quantitative estimate of drug-likeness (QED) is 0.411. The number of aryl methyl sites for hydroxylation is 1. The first-order valence-corrected chi connectivity index (χ1v) is 12.1. The number of benzene rings is 2. The van der Waals surface area contributed by atoms with Crippen molar-refractivity contribution >= 4 is 40.9 Å². The fraction of sp³-hybridized carbons (Fsp3) is 0.333. The maximum Gasteiger partial charge on any atom is 0.251 e. The molecule has 174 valence electrons. The van der Waals surface area contributed by atoms with Gasteiger partial charge in [0.2, 0.25) is 5.91 Å². The highest BCUT2D eigenvalue weighted by Crippen LogP contribution is 2.26. The third kappa shape index (κ3) is 6.36. The van der Waals surface area contributed by atoms with E-state index in [0.29, 0.717) is 33.8 Å². The number of halogens is 1. The van der Waals surface area contributed by atoms with Gasteiger partial charge in [-0.3, -0.25) is 9.59 Å². The van der Waals surface area contributed by atoms with E-state index in [1.165, 1.54) is 11.8 Å². The maximum absolute atomic E-state index is 12.9. The summed E-state index contributed by atoms with van der Waals surface area (Å²) in [4.78, 5) is 25.3. The van der Waals surface area contributed by atoms with E-state index < -0.39 is 0 Å². The van der Waals surface area contributed by atoms with Crippen molar-refractivity contribution < 1.29 is 9.59 Å². The summed E-state index contributed by atoms with van der Waals surface area (Å²) in [6.07, 6.45) is 0. The minimum Gasteiger partial charge on any atom is -0.342 e. The van der Waals surface area contributed by atoms with E-state index in [4.69, 9.17) is 11.6 Å². The summed E-state index contributed by atoms with van der Waals surface area (Å²) >= 11 is 7.41. The minimum absolute atomic E-state index is 0.0923. The van der Waals surface area contributed by atoms with Crippen molar-refractivity contribution in [3.05, 3.63) is 70.5 Å². The first-order valence-electron chi connectivity index (χ1n) is 10.8. The molecule has 2 aromatic carbocycles. The molecule has 0 fully saturated rings. The zero-order valence-electron chi connectivity index (χ0n) is 19.1. The highest BCUT2D eigenvalue weighted by molar-refractivity contribution is 7.99. The van der Waals surface area contributed by atoms with Gasteiger partial charge in [-0.25, -0.2) is 0 Å². The number of carbonyl (C=O) groups is 2. The summed E-state index contributed by atoms with van der Waals surface area (Å²) in [7, 11) is 0. The van der Waals surface area contributed by atoms with Crippen LogP contribution >= 0.6 is 23.4 Å². The molecule has 0 spiro atoms. The van der Waals surface area contributed by atoms with Crippen LogP contribution in [0.5, 0.6) is 0 Å². The Labute approximate surface area is 203 Å². The molecule has 1 heterocycles. The summed E-state index contributed by atoms with van der Waals surface area (Å²) in [6, 6.07) is 14.2. The molecule has 1 atom stereocenters. The zero-order valence-corrected chi connectivity index (χ0v) is 20.7. The zero-order chi connectivity index (χ0) is 24.0. The summed E-state index contributed by atoms with van der Waals surface area (Å²) < 4.78 is 1.94. The van der Waals surface area contributed by atoms with Crippen molar-refractivity contribution in [3.8, 4) is 0 Å². The molecule has 0 radical (unpaired) electrons. The Bertz CT molecular complexity index is 1130. The molecule has 0 aliphatic heterocycles. The van der Waals surface area contributed by atoms with Crippen LogP contribution in [-0.4, -0.2) is 32.3 Å². The van der Waals surface area contributed by atoms with Gasteiger partial charge in [0.15, 0.2) is 11.0 Å². The van der Waals surface area contributed by atoms with Crippen LogP contribution in [-0.2, 0) is 11.3 Å². The lowest BCUT2D eigenvalue weighted by Crippen LogP contribution is -2.33. The van der Waals surface area contributed by atoms with Crippen LogP contribution in [0, 0.1) is 12.8 Å². The van der Waals surface area contributed by atoms with Gasteiger partial charge in [-0.05, 0) is 44.0 Å². The lowest BCUT2D eigenvalue weighted by molar-refractivity contribution is -0.113. The summed E-state index contributed by atoms with van der Waals surface area (Å²) in [5.74, 6) is 0.577. The Kier molecular flexibility index (Phi) is 8.52. The Morgan fingerprint density at radius 3 is 2.55 bits per heavy atom. The van der Waals surface area contributed by atoms with E-state index >= 15 is 0 Å². The third-order valence-electron chi connectivity index (χ3n) is 5.05. The topological polar surface area (TPSA) is 88.9 Å². The molecular weight excluding hydrogens is 458 g/mol. The van der Waals surface area contributed by atoms with Crippen LogP contribution in [0.15, 0.2) is 53.7 Å². The molecule has 9 heteroatoms. The van der Waals surface area contributed by atoms with Crippen molar-refractivity contribution in [2.24, 2.45) is 5.92 Å². The van der Waals surface area contributed by atoms with E-state index in [-0.39, 0.29) is 29.5 Å². The van der Waals surface area contributed by atoms with Crippen LogP contribution in [0.2, 0.25) is 5.02 Å². The Morgan fingerprint density at radius 2 is 1.88 bits per heavy atom. The number of hydrogen-bond donors (Lipinski definition) is 2. The second kappa shape index (κ2) is 11.3. The second-order valence-corrected chi connectivity index (χ2v) is 9.32. The summed E-state index contributed by atoms with van der Waals surface area (Å²) in [6.45, 7) is 8.61. The molecule has 0 aliphatic carbocycles. The third-order valence-corrected chi connectivity index (χ3v) is 6.35. The Morgan fingerprint density at radius 1 is 1.12 bits per heavy atom. The van der Waals surface area contributed by atoms with Gasteiger partial charge in [0.1, 0.15) is 0 Å². The van der Waals surface area contributed by atoms with Gasteiger partial charge in [-0.2, -0.15) is 0 Å². The monoisotopic (exact) mass is 485 g/mol. The number of rotatable bonds is 9.